The van der Waals surface area contributed by atoms with Gasteiger partial charge in [0.25, 0.3) is 5.91 Å². The van der Waals surface area contributed by atoms with Crippen LogP contribution in [0.4, 0.5) is 0 Å². The molecular formula is C19H23N7O. The van der Waals surface area contributed by atoms with E-state index < -0.39 is 0 Å². The molecule has 0 N–H and O–H groups in total. The van der Waals surface area contributed by atoms with Crippen LogP contribution >= 0.6 is 0 Å². The van der Waals surface area contributed by atoms with E-state index >= 15 is 0 Å². The first-order valence-electron chi connectivity index (χ1n) is 9.50. The lowest BCUT2D eigenvalue weighted by molar-refractivity contribution is 0.0632. The van der Waals surface area contributed by atoms with Crippen molar-refractivity contribution in [1.29, 1.82) is 0 Å². The lowest BCUT2D eigenvalue weighted by Crippen LogP contribution is -2.41. The van der Waals surface area contributed by atoms with Gasteiger partial charge in [0.2, 0.25) is 0 Å². The number of carbonyl (C=O) groups is 1. The summed E-state index contributed by atoms with van der Waals surface area (Å²) in [6.45, 7) is 7.19. The van der Waals surface area contributed by atoms with Crippen molar-refractivity contribution in [3.8, 4) is 0 Å². The maximum Gasteiger partial charge on any atom is 0.255 e. The number of pyridine rings is 1. The van der Waals surface area contributed by atoms with Crippen LogP contribution in [0.25, 0.3) is 11.0 Å². The number of rotatable bonds is 2. The summed E-state index contributed by atoms with van der Waals surface area (Å²) >= 11 is 0. The molecule has 1 saturated carbocycles. The van der Waals surface area contributed by atoms with Crippen molar-refractivity contribution >= 4 is 16.9 Å². The predicted molar refractivity (Wildman–Crippen MR) is 99.4 cm³/mol. The van der Waals surface area contributed by atoms with Crippen LogP contribution < -0.4 is 0 Å². The molecule has 0 bridgehead atoms. The first-order chi connectivity index (χ1) is 12.9. The number of nitrogens with zero attached hydrogens (tertiary/aromatic N) is 7. The molecule has 3 aromatic heterocycles. The van der Waals surface area contributed by atoms with Crippen LogP contribution in [0.5, 0.6) is 0 Å². The highest BCUT2D eigenvalue weighted by Gasteiger charge is 2.35. The number of fused-ring (bicyclic) bond motifs is 2. The second kappa shape index (κ2) is 5.61. The van der Waals surface area contributed by atoms with Crippen molar-refractivity contribution in [3.05, 3.63) is 34.7 Å². The Bertz CT molecular complexity index is 1080. The van der Waals surface area contributed by atoms with E-state index in [2.05, 4.69) is 15.2 Å². The lowest BCUT2D eigenvalue weighted by atomic mass is 10.1. The minimum Gasteiger partial charge on any atom is -0.327 e. The summed E-state index contributed by atoms with van der Waals surface area (Å²) in [5.74, 6) is 2.36. The van der Waals surface area contributed by atoms with Gasteiger partial charge in [-0.05, 0) is 39.7 Å². The lowest BCUT2D eigenvalue weighted by Gasteiger charge is -2.33. The van der Waals surface area contributed by atoms with Crippen molar-refractivity contribution in [2.75, 3.05) is 6.54 Å². The molecule has 8 heteroatoms. The van der Waals surface area contributed by atoms with Crippen LogP contribution in [0.2, 0.25) is 0 Å². The number of aryl methyl sites for hydroxylation is 3. The Morgan fingerprint density at radius 3 is 2.67 bits per heavy atom. The van der Waals surface area contributed by atoms with Crippen molar-refractivity contribution in [1.82, 2.24) is 34.4 Å². The fourth-order valence-corrected chi connectivity index (χ4v) is 4.07. The van der Waals surface area contributed by atoms with E-state index in [-0.39, 0.29) is 11.9 Å². The van der Waals surface area contributed by atoms with E-state index in [1.54, 1.807) is 4.68 Å². The van der Waals surface area contributed by atoms with Gasteiger partial charge in [0.05, 0.1) is 29.2 Å². The van der Waals surface area contributed by atoms with Crippen molar-refractivity contribution in [3.63, 3.8) is 0 Å². The van der Waals surface area contributed by atoms with Crippen LogP contribution in [-0.4, -0.2) is 46.9 Å². The molecule has 8 nitrogen and oxygen atoms in total. The molecule has 0 aromatic carbocycles. The Morgan fingerprint density at radius 1 is 1.15 bits per heavy atom. The molecule has 1 aliphatic carbocycles. The van der Waals surface area contributed by atoms with Crippen LogP contribution in [-0.2, 0) is 13.6 Å². The molecule has 2 aliphatic rings. The normalized spacial score (nSPS) is 19.6. The van der Waals surface area contributed by atoms with Crippen molar-refractivity contribution < 1.29 is 4.79 Å². The van der Waals surface area contributed by atoms with Gasteiger partial charge < -0.3 is 4.90 Å². The van der Waals surface area contributed by atoms with Crippen molar-refractivity contribution in [2.24, 2.45) is 7.05 Å². The van der Waals surface area contributed by atoms with E-state index in [1.807, 2.05) is 43.5 Å². The monoisotopic (exact) mass is 365 g/mol. The predicted octanol–water partition coefficient (Wildman–Crippen LogP) is 2.27. The minimum absolute atomic E-state index is 0.0105. The van der Waals surface area contributed by atoms with Gasteiger partial charge >= 0.3 is 0 Å². The Hall–Kier alpha value is -2.77. The highest BCUT2D eigenvalue weighted by Crippen LogP contribution is 2.39. The second-order valence-electron chi connectivity index (χ2n) is 7.72. The summed E-state index contributed by atoms with van der Waals surface area (Å²) in [5, 5.41) is 9.96. The molecule has 1 fully saturated rings. The highest BCUT2D eigenvalue weighted by molar-refractivity contribution is 6.06. The number of hydrogen-bond donors (Lipinski definition) is 0. The third-order valence-electron chi connectivity index (χ3n) is 5.64. The summed E-state index contributed by atoms with van der Waals surface area (Å²) < 4.78 is 3.72. The molecule has 0 spiro atoms. The zero-order valence-corrected chi connectivity index (χ0v) is 16.1. The van der Waals surface area contributed by atoms with Gasteiger partial charge in [-0.3, -0.25) is 9.48 Å². The van der Waals surface area contributed by atoms with Gasteiger partial charge in [0.15, 0.2) is 11.5 Å². The van der Waals surface area contributed by atoms with E-state index in [0.717, 1.165) is 34.1 Å². The first kappa shape index (κ1) is 16.4. The molecule has 1 aliphatic heterocycles. The molecule has 0 saturated heterocycles. The molecule has 5 rings (SSSR count). The molecule has 0 radical (unpaired) electrons. The second-order valence-corrected chi connectivity index (χ2v) is 7.72. The molecule has 27 heavy (non-hydrogen) atoms. The fourth-order valence-electron chi connectivity index (χ4n) is 4.07. The number of aromatic nitrogens is 6. The molecule has 1 atom stereocenters. The SMILES string of the molecule is Cc1cc(C(=O)N2CCn3nc(C4CC4)nc3[C@H]2C)c2c(C)nn(C)c2n1. The average Bonchev–Trinajstić information content (AvgIpc) is 3.32. The summed E-state index contributed by atoms with van der Waals surface area (Å²) in [5.41, 5.74) is 3.06. The number of carbonyl (C=O) groups excluding carboxylic acids is 1. The number of hydrogen-bond acceptors (Lipinski definition) is 5. The van der Waals surface area contributed by atoms with Gasteiger partial charge in [-0.15, -0.1) is 0 Å². The summed E-state index contributed by atoms with van der Waals surface area (Å²) in [6, 6.07) is 1.77. The zero-order chi connectivity index (χ0) is 18.9. The molecule has 4 heterocycles. The molecular weight excluding hydrogens is 342 g/mol. The summed E-state index contributed by atoms with van der Waals surface area (Å²) in [6.07, 6.45) is 2.35. The average molecular weight is 365 g/mol. The number of amides is 1. The van der Waals surface area contributed by atoms with Crippen LogP contribution in [0.1, 0.15) is 65.1 Å². The largest absolute Gasteiger partial charge is 0.327 e. The first-order valence-corrected chi connectivity index (χ1v) is 9.50. The van der Waals surface area contributed by atoms with Gasteiger partial charge in [-0.25, -0.2) is 14.6 Å². The van der Waals surface area contributed by atoms with Gasteiger partial charge in [-0.2, -0.15) is 10.2 Å². The third kappa shape index (κ3) is 2.46. The topological polar surface area (TPSA) is 81.7 Å². The van der Waals surface area contributed by atoms with E-state index in [4.69, 9.17) is 4.98 Å². The third-order valence-corrected chi connectivity index (χ3v) is 5.64. The maximum atomic E-state index is 13.5. The van der Waals surface area contributed by atoms with E-state index in [1.165, 1.54) is 12.8 Å². The van der Waals surface area contributed by atoms with Crippen molar-refractivity contribution in [2.45, 2.75) is 52.1 Å². The minimum atomic E-state index is -0.105. The Kier molecular flexibility index (Phi) is 3.41. The van der Waals surface area contributed by atoms with Gasteiger partial charge in [-0.1, -0.05) is 0 Å². The Balaban J connectivity index is 1.55. The summed E-state index contributed by atoms with van der Waals surface area (Å²) in [7, 11) is 1.86. The van der Waals surface area contributed by atoms with E-state index in [0.29, 0.717) is 24.6 Å². The van der Waals surface area contributed by atoms with Gasteiger partial charge in [0, 0.05) is 25.2 Å². The fraction of sp³-hybridized carbons (Fsp3) is 0.526. The molecule has 140 valence electrons. The molecule has 1 amide bonds. The van der Waals surface area contributed by atoms with Gasteiger partial charge in [0.1, 0.15) is 5.82 Å². The van der Waals surface area contributed by atoms with Crippen LogP contribution in [0, 0.1) is 13.8 Å². The Morgan fingerprint density at radius 2 is 1.93 bits per heavy atom. The zero-order valence-electron chi connectivity index (χ0n) is 16.1. The quantitative estimate of drug-likeness (QED) is 0.696. The van der Waals surface area contributed by atoms with Crippen LogP contribution in [0.3, 0.4) is 0 Å². The molecule has 3 aromatic rings. The molecule has 0 unspecified atom stereocenters. The highest BCUT2D eigenvalue weighted by atomic mass is 16.2. The summed E-state index contributed by atoms with van der Waals surface area (Å²) in [4.78, 5) is 24.7. The standard InChI is InChI=1S/C19H23N7O/c1-10-9-14(15-11(2)22-24(4)18(15)20-10)19(27)25-7-8-26-17(12(25)3)21-16(23-26)13-5-6-13/h9,12-13H,5-8H2,1-4H3/t12-/m1/s1. The van der Waals surface area contributed by atoms with Crippen LogP contribution in [0.15, 0.2) is 6.07 Å². The maximum absolute atomic E-state index is 13.5. The smallest absolute Gasteiger partial charge is 0.255 e. The van der Waals surface area contributed by atoms with E-state index in [9.17, 15) is 4.79 Å². The Labute approximate surface area is 157 Å².